The number of hydrogen-bond acceptors (Lipinski definition) is 2. The van der Waals surface area contributed by atoms with Crippen molar-refractivity contribution in [3.8, 4) is 0 Å². The molecule has 0 aliphatic carbocycles. The standard InChI is InChI=1S/C14H14Cl3NS/c1-3-18-13(11-7-8(2)14(17)19-11)9-5-4-6-10(15)12(9)16/h4-7,13,18H,3H2,1-2H3. The Morgan fingerprint density at radius 2 is 2.00 bits per heavy atom. The zero-order valence-electron chi connectivity index (χ0n) is 10.6. The van der Waals surface area contributed by atoms with Gasteiger partial charge in [0.1, 0.15) is 0 Å². The molecular formula is C14H14Cl3NS. The van der Waals surface area contributed by atoms with Gasteiger partial charge >= 0.3 is 0 Å². The van der Waals surface area contributed by atoms with Crippen LogP contribution in [0.15, 0.2) is 24.3 Å². The molecule has 1 nitrogen and oxygen atoms in total. The fourth-order valence-electron chi connectivity index (χ4n) is 1.94. The van der Waals surface area contributed by atoms with Crippen LogP contribution in [0.25, 0.3) is 0 Å². The molecule has 1 heterocycles. The number of rotatable bonds is 4. The van der Waals surface area contributed by atoms with Crippen LogP contribution in [0.2, 0.25) is 14.4 Å². The first-order chi connectivity index (χ1) is 9.04. The fourth-order valence-corrected chi connectivity index (χ4v) is 3.67. The van der Waals surface area contributed by atoms with E-state index in [9.17, 15) is 0 Å². The molecule has 1 atom stereocenters. The topological polar surface area (TPSA) is 12.0 Å². The average Bonchev–Trinajstić information content (AvgIpc) is 2.70. The summed E-state index contributed by atoms with van der Waals surface area (Å²) in [5, 5.41) is 4.60. The van der Waals surface area contributed by atoms with E-state index in [0.29, 0.717) is 10.0 Å². The molecule has 0 amide bonds. The maximum atomic E-state index is 6.32. The smallest absolute Gasteiger partial charge is 0.0961 e. The number of halogens is 3. The largest absolute Gasteiger partial charge is 0.306 e. The number of thiophene rings is 1. The maximum absolute atomic E-state index is 6.32. The van der Waals surface area contributed by atoms with E-state index in [4.69, 9.17) is 34.8 Å². The van der Waals surface area contributed by atoms with Crippen molar-refractivity contribution in [2.45, 2.75) is 19.9 Å². The lowest BCUT2D eigenvalue weighted by Crippen LogP contribution is -2.21. The van der Waals surface area contributed by atoms with E-state index in [2.05, 4.69) is 18.3 Å². The molecular weight excluding hydrogens is 321 g/mol. The Hall–Kier alpha value is -0.250. The average molecular weight is 335 g/mol. The van der Waals surface area contributed by atoms with Gasteiger partial charge in [0, 0.05) is 4.88 Å². The third kappa shape index (κ3) is 3.26. The van der Waals surface area contributed by atoms with Gasteiger partial charge in [-0.05, 0) is 36.7 Å². The van der Waals surface area contributed by atoms with E-state index >= 15 is 0 Å². The highest BCUT2D eigenvalue weighted by molar-refractivity contribution is 7.16. The summed E-state index contributed by atoms with van der Waals surface area (Å²) >= 11 is 20.2. The Morgan fingerprint density at radius 1 is 1.26 bits per heavy atom. The van der Waals surface area contributed by atoms with Crippen LogP contribution in [-0.4, -0.2) is 6.54 Å². The van der Waals surface area contributed by atoms with Crippen LogP contribution in [0.4, 0.5) is 0 Å². The quantitative estimate of drug-likeness (QED) is 0.754. The molecule has 0 saturated carbocycles. The van der Waals surface area contributed by atoms with Gasteiger partial charge < -0.3 is 5.32 Å². The molecule has 102 valence electrons. The Balaban J connectivity index is 2.48. The van der Waals surface area contributed by atoms with Gasteiger partial charge in [0.15, 0.2) is 0 Å². The minimum absolute atomic E-state index is 0.0207. The SMILES string of the molecule is CCNC(c1cc(C)c(Cl)s1)c1cccc(Cl)c1Cl. The summed E-state index contributed by atoms with van der Waals surface area (Å²) in [5.41, 5.74) is 2.07. The highest BCUT2D eigenvalue weighted by Gasteiger charge is 2.20. The van der Waals surface area contributed by atoms with Crippen molar-refractivity contribution in [2.24, 2.45) is 0 Å². The summed E-state index contributed by atoms with van der Waals surface area (Å²) < 4.78 is 0.816. The summed E-state index contributed by atoms with van der Waals surface area (Å²) in [6.07, 6.45) is 0. The molecule has 0 fully saturated rings. The lowest BCUT2D eigenvalue weighted by atomic mass is 10.0. The van der Waals surface area contributed by atoms with Crippen molar-refractivity contribution in [2.75, 3.05) is 6.54 Å². The van der Waals surface area contributed by atoms with Gasteiger partial charge in [-0.3, -0.25) is 0 Å². The summed E-state index contributed by atoms with van der Waals surface area (Å²) in [4.78, 5) is 1.15. The fraction of sp³-hybridized carbons (Fsp3) is 0.286. The second kappa shape index (κ2) is 6.47. The van der Waals surface area contributed by atoms with Crippen molar-refractivity contribution >= 4 is 46.1 Å². The van der Waals surface area contributed by atoms with Gasteiger partial charge in [0.25, 0.3) is 0 Å². The first-order valence-corrected chi connectivity index (χ1v) is 7.92. The van der Waals surface area contributed by atoms with E-state index in [1.54, 1.807) is 17.4 Å². The number of aryl methyl sites for hydroxylation is 1. The molecule has 19 heavy (non-hydrogen) atoms. The van der Waals surface area contributed by atoms with E-state index in [0.717, 1.165) is 26.9 Å². The molecule has 0 aliphatic rings. The predicted octanol–water partition coefficient (Wildman–Crippen LogP) is 5.72. The highest BCUT2D eigenvalue weighted by Crippen LogP contribution is 2.38. The maximum Gasteiger partial charge on any atom is 0.0961 e. The zero-order chi connectivity index (χ0) is 14.0. The number of benzene rings is 1. The van der Waals surface area contributed by atoms with Crippen LogP contribution in [-0.2, 0) is 0 Å². The minimum atomic E-state index is 0.0207. The molecule has 1 unspecified atom stereocenters. The lowest BCUT2D eigenvalue weighted by Gasteiger charge is -2.18. The van der Waals surface area contributed by atoms with Crippen molar-refractivity contribution < 1.29 is 0 Å². The summed E-state index contributed by atoms with van der Waals surface area (Å²) in [7, 11) is 0. The van der Waals surface area contributed by atoms with E-state index in [1.165, 1.54) is 0 Å². The first kappa shape index (κ1) is 15.1. The van der Waals surface area contributed by atoms with E-state index < -0.39 is 0 Å². The third-order valence-corrected chi connectivity index (χ3v) is 5.32. The number of hydrogen-bond donors (Lipinski definition) is 1. The summed E-state index contributed by atoms with van der Waals surface area (Å²) in [6.45, 7) is 4.90. The monoisotopic (exact) mass is 333 g/mol. The molecule has 0 bridgehead atoms. The molecule has 2 rings (SSSR count). The van der Waals surface area contributed by atoms with E-state index in [-0.39, 0.29) is 6.04 Å². The predicted molar refractivity (Wildman–Crippen MR) is 86.0 cm³/mol. The molecule has 0 spiro atoms. The molecule has 1 aromatic carbocycles. The normalized spacial score (nSPS) is 12.7. The molecule has 1 aromatic heterocycles. The minimum Gasteiger partial charge on any atom is -0.306 e. The van der Waals surface area contributed by atoms with Gasteiger partial charge in [-0.25, -0.2) is 0 Å². The Morgan fingerprint density at radius 3 is 2.58 bits per heavy atom. The van der Waals surface area contributed by atoms with Crippen LogP contribution < -0.4 is 5.32 Å². The van der Waals surface area contributed by atoms with Crippen molar-refractivity contribution in [3.05, 3.63) is 54.7 Å². The lowest BCUT2D eigenvalue weighted by molar-refractivity contribution is 0.640. The Labute approximate surface area is 132 Å². The Kier molecular flexibility index (Phi) is 5.15. The third-order valence-electron chi connectivity index (χ3n) is 2.86. The van der Waals surface area contributed by atoms with Crippen LogP contribution >= 0.6 is 46.1 Å². The molecule has 5 heteroatoms. The number of nitrogens with one attached hydrogen (secondary N) is 1. The van der Waals surface area contributed by atoms with Crippen LogP contribution in [0.5, 0.6) is 0 Å². The van der Waals surface area contributed by atoms with Crippen molar-refractivity contribution in [1.82, 2.24) is 5.32 Å². The first-order valence-electron chi connectivity index (χ1n) is 5.97. The highest BCUT2D eigenvalue weighted by atomic mass is 35.5. The summed E-state index contributed by atoms with van der Waals surface area (Å²) in [5.74, 6) is 0. The van der Waals surface area contributed by atoms with Crippen molar-refractivity contribution in [1.29, 1.82) is 0 Å². The Bertz CT molecular complexity index is 561. The zero-order valence-corrected chi connectivity index (χ0v) is 13.7. The van der Waals surface area contributed by atoms with Gasteiger partial charge in [0.2, 0.25) is 0 Å². The molecule has 0 radical (unpaired) electrons. The molecule has 1 N–H and O–H groups in total. The van der Waals surface area contributed by atoms with Crippen molar-refractivity contribution in [3.63, 3.8) is 0 Å². The van der Waals surface area contributed by atoms with Gasteiger partial charge in [-0.2, -0.15) is 0 Å². The van der Waals surface area contributed by atoms with Gasteiger partial charge in [0.05, 0.1) is 20.4 Å². The van der Waals surface area contributed by atoms with Crippen LogP contribution in [0.3, 0.4) is 0 Å². The van der Waals surface area contributed by atoms with Gasteiger partial charge in [-0.1, -0.05) is 53.9 Å². The van der Waals surface area contributed by atoms with E-state index in [1.807, 2.05) is 19.1 Å². The second-order valence-electron chi connectivity index (χ2n) is 4.24. The second-order valence-corrected chi connectivity index (χ2v) is 6.71. The van der Waals surface area contributed by atoms with Crippen LogP contribution in [0.1, 0.15) is 29.0 Å². The molecule has 0 aliphatic heterocycles. The molecule has 2 aromatic rings. The summed E-state index contributed by atoms with van der Waals surface area (Å²) in [6, 6.07) is 7.81. The molecule has 0 saturated heterocycles. The van der Waals surface area contributed by atoms with Crippen LogP contribution in [0, 0.1) is 6.92 Å². The van der Waals surface area contributed by atoms with Gasteiger partial charge in [-0.15, -0.1) is 11.3 Å².